The Morgan fingerprint density at radius 2 is 2.00 bits per heavy atom. The summed E-state index contributed by atoms with van der Waals surface area (Å²) in [7, 11) is 0. The fourth-order valence-electron chi connectivity index (χ4n) is 1.51. The number of likely N-dealkylation sites (tertiary alicyclic amines) is 1. The van der Waals surface area contributed by atoms with E-state index in [9.17, 15) is 14.4 Å². The van der Waals surface area contributed by atoms with E-state index in [0.29, 0.717) is 9.35 Å². The molecule has 0 spiro atoms. The first-order valence-electron chi connectivity index (χ1n) is 4.69. The molecule has 1 aromatic rings. The first-order chi connectivity index (χ1) is 7.59. The molecule has 1 aliphatic rings. The van der Waals surface area contributed by atoms with E-state index in [2.05, 4.69) is 15.9 Å². The Hall–Kier alpha value is -1.01. The molecular weight excluding hydrogens is 294 g/mol. The second kappa shape index (κ2) is 4.47. The minimum atomic E-state index is -0.258. The van der Waals surface area contributed by atoms with Gasteiger partial charge in [-0.05, 0) is 27.4 Å². The number of Topliss-reactive ketones (excluding diaryl/α,β-unsaturated/α-hetero) is 1. The quantitative estimate of drug-likeness (QED) is 0.632. The number of carbonyl (C=O) groups excluding carboxylic acids is 3. The van der Waals surface area contributed by atoms with Crippen molar-refractivity contribution < 1.29 is 14.4 Å². The number of rotatable bonds is 3. The van der Waals surface area contributed by atoms with Gasteiger partial charge in [0.15, 0.2) is 5.78 Å². The molecule has 2 heterocycles. The Bertz CT molecular complexity index is 452. The summed E-state index contributed by atoms with van der Waals surface area (Å²) in [4.78, 5) is 36.0. The molecule has 1 fully saturated rings. The SMILES string of the molecule is O=C(CN1C(=O)CCC1=O)c1sccc1Br. The van der Waals surface area contributed by atoms with E-state index in [1.54, 1.807) is 11.4 Å². The molecule has 1 aromatic heterocycles. The fraction of sp³-hybridized carbons (Fsp3) is 0.300. The number of carbonyl (C=O) groups is 3. The smallest absolute Gasteiger partial charge is 0.230 e. The van der Waals surface area contributed by atoms with Gasteiger partial charge in [-0.15, -0.1) is 11.3 Å². The molecule has 4 nitrogen and oxygen atoms in total. The molecule has 0 aromatic carbocycles. The third kappa shape index (κ3) is 2.08. The molecule has 1 aliphatic heterocycles. The number of nitrogens with zero attached hydrogens (tertiary/aromatic N) is 1. The standard InChI is InChI=1S/C10H8BrNO3S/c11-6-3-4-16-10(6)7(13)5-12-8(14)1-2-9(12)15/h3-4H,1-2,5H2. The van der Waals surface area contributed by atoms with E-state index >= 15 is 0 Å². The maximum absolute atomic E-state index is 11.8. The van der Waals surface area contributed by atoms with E-state index in [1.165, 1.54) is 11.3 Å². The maximum Gasteiger partial charge on any atom is 0.230 e. The summed E-state index contributed by atoms with van der Waals surface area (Å²) in [5.41, 5.74) is 0. The Morgan fingerprint density at radius 3 is 2.50 bits per heavy atom. The van der Waals surface area contributed by atoms with Gasteiger partial charge >= 0.3 is 0 Å². The average molecular weight is 302 g/mol. The highest BCUT2D eigenvalue weighted by molar-refractivity contribution is 9.10. The van der Waals surface area contributed by atoms with Crippen LogP contribution in [0.25, 0.3) is 0 Å². The third-order valence-electron chi connectivity index (χ3n) is 2.33. The van der Waals surface area contributed by atoms with E-state index in [1.807, 2.05) is 0 Å². The molecular formula is C10H8BrNO3S. The average Bonchev–Trinajstić information content (AvgIpc) is 2.79. The molecule has 2 rings (SSSR count). The van der Waals surface area contributed by atoms with Crippen molar-refractivity contribution >= 4 is 44.9 Å². The first-order valence-corrected chi connectivity index (χ1v) is 6.36. The normalized spacial score (nSPS) is 15.9. The van der Waals surface area contributed by atoms with Crippen LogP contribution >= 0.6 is 27.3 Å². The molecule has 1 saturated heterocycles. The van der Waals surface area contributed by atoms with Gasteiger partial charge in [0, 0.05) is 17.3 Å². The number of imide groups is 1. The maximum atomic E-state index is 11.8. The molecule has 84 valence electrons. The van der Waals surface area contributed by atoms with Crippen molar-refractivity contribution in [1.82, 2.24) is 4.90 Å². The Kier molecular flexibility index (Phi) is 3.20. The van der Waals surface area contributed by atoms with Crippen LogP contribution in [0.15, 0.2) is 15.9 Å². The highest BCUT2D eigenvalue weighted by atomic mass is 79.9. The number of amides is 2. The van der Waals surface area contributed by atoms with Crippen molar-refractivity contribution in [2.75, 3.05) is 6.54 Å². The van der Waals surface area contributed by atoms with Gasteiger partial charge in [-0.1, -0.05) is 0 Å². The molecule has 0 N–H and O–H groups in total. The van der Waals surface area contributed by atoms with Crippen molar-refractivity contribution in [1.29, 1.82) is 0 Å². The van der Waals surface area contributed by atoms with Gasteiger partial charge < -0.3 is 0 Å². The van der Waals surface area contributed by atoms with E-state index in [-0.39, 0.29) is 37.0 Å². The van der Waals surface area contributed by atoms with Crippen molar-refractivity contribution in [3.63, 3.8) is 0 Å². The summed E-state index contributed by atoms with van der Waals surface area (Å²) in [6.45, 7) is -0.142. The molecule has 0 saturated carbocycles. The summed E-state index contributed by atoms with van der Waals surface area (Å²) >= 11 is 4.55. The predicted octanol–water partition coefficient (Wildman–Crippen LogP) is 1.84. The number of hydrogen-bond acceptors (Lipinski definition) is 4. The molecule has 16 heavy (non-hydrogen) atoms. The molecule has 0 unspecified atom stereocenters. The summed E-state index contributed by atoms with van der Waals surface area (Å²) < 4.78 is 0.710. The van der Waals surface area contributed by atoms with Crippen LogP contribution in [0.3, 0.4) is 0 Å². The minimum Gasteiger partial charge on any atom is -0.291 e. The van der Waals surface area contributed by atoms with Gasteiger partial charge in [-0.3, -0.25) is 19.3 Å². The van der Waals surface area contributed by atoms with Crippen LogP contribution in [0.2, 0.25) is 0 Å². The van der Waals surface area contributed by atoms with Gasteiger partial charge in [0.1, 0.15) is 0 Å². The van der Waals surface area contributed by atoms with Crippen LogP contribution in [0.1, 0.15) is 22.5 Å². The molecule has 6 heteroatoms. The van der Waals surface area contributed by atoms with Gasteiger partial charge in [0.05, 0.1) is 11.4 Å². The van der Waals surface area contributed by atoms with Gasteiger partial charge in [-0.25, -0.2) is 0 Å². The highest BCUT2D eigenvalue weighted by Gasteiger charge is 2.31. The van der Waals surface area contributed by atoms with Crippen LogP contribution in [0.5, 0.6) is 0 Å². The van der Waals surface area contributed by atoms with Crippen molar-refractivity contribution in [3.8, 4) is 0 Å². The van der Waals surface area contributed by atoms with Crippen LogP contribution in [-0.4, -0.2) is 29.0 Å². The lowest BCUT2D eigenvalue weighted by molar-refractivity contribution is -0.137. The van der Waals surface area contributed by atoms with Crippen molar-refractivity contribution in [2.45, 2.75) is 12.8 Å². The van der Waals surface area contributed by atoms with Gasteiger partial charge in [0.25, 0.3) is 0 Å². The minimum absolute atomic E-state index is 0.142. The predicted molar refractivity (Wildman–Crippen MR) is 62.3 cm³/mol. The lowest BCUT2D eigenvalue weighted by Crippen LogP contribution is -2.34. The van der Waals surface area contributed by atoms with Crippen molar-refractivity contribution in [3.05, 3.63) is 20.8 Å². The van der Waals surface area contributed by atoms with Crippen LogP contribution in [-0.2, 0) is 9.59 Å². The first kappa shape index (κ1) is 11.5. The molecule has 0 aliphatic carbocycles. The fourth-order valence-corrected chi connectivity index (χ4v) is 3.03. The summed E-state index contributed by atoms with van der Waals surface area (Å²) in [5.74, 6) is -0.720. The number of halogens is 1. The second-order valence-corrected chi connectivity index (χ2v) is 5.16. The van der Waals surface area contributed by atoms with Gasteiger partial charge in [-0.2, -0.15) is 0 Å². The van der Waals surface area contributed by atoms with E-state index in [4.69, 9.17) is 0 Å². The van der Waals surface area contributed by atoms with Gasteiger partial charge in [0.2, 0.25) is 11.8 Å². The Labute approximate surface area is 104 Å². The monoisotopic (exact) mass is 301 g/mol. The zero-order valence-electron chi connectivity index (χ0n) is 8.23. The zero-order valence-corrected chi connectivity index (χ0v) is 10.6. The molecule has 0 bridgehead atoms. The second-order valence-electron chi connectivity index (χ2n) is 3.39. The largest absolute Gasteiger partial charge is 0.291 e. The lowest BCUT2D eigenvalue weighted by atomic mass is 10.3. The van der Waals surface area contributed by atoms with Crippen LogP contribution in [0, 0.1) is 0 Å². The highest BCUT2D eigenvalue weighted by Crippen LogP contribution is 2.24. The zero-order chi connectivity index (χ0) is 11.7. The Morgan fingerprint density at radius 1 is 1.38 bits per heavy atom. The summed E-state index contributed by atoms with van der Waals surface area (Å²) in [6, 6.07) is 1.77. The molecule has 0 atom stereocenters. The summed E-state index contributed by atoms with van der Waals surface area (Å²) in [5, 5.41) is 1.78. The Balaban J connectivity index is 2.11. The summed E-state index contributed by atoms with van der Waals surface area (Å²) in [6.07, 6.45) is 0.440. The third-order valence-corrected chi connectivity index (χ3v) is 4.21. The van der Waals surface area contributed by atoms with Crippen LogP contribution < -0.4 is 0 Å². The lowest BCUT2D eigenvalue weighted by Gasteiger charge is -2.11. The number of thiophene rings is 1. The van der Waals surface area contributed by atoms with Crippen LogP contribution in [0.4, 0.5) is 0 Å². The molecule has 0 radical (unpaired) electrons. The molecule has 2 amide bonds. The topological polar surface area (TPSA) is 54.5 Å². The van der Waals surface area contributed by atoms with Crippen molar-refractivity contribution in [2.24, 2.45) is 0 Å². The van der Waals surface area contributed by atoms with E-state index < -0.39 is 0 Å². The van der Waals surface area contributed by atoms with E-state index in [0.717, 1.165) is 4.90 Å². The number of ketones is 1. The number of hydrogen-bond donors (Lipinski definition) is 0.